The molecule has 116 valence electrons. The number of hydrogen-bond donors (Lipinski definition) is 2. The second-order valence-electron chi connectivity index (χ2n) is 5.68. The summed E-state index contributed by atoms with van der Waals surface area (Å²) in [5.41, 5.74) is 1.80. The fourth-order valence-electron chi connectivity index (χ4n) is 2.29. The van der Waals surface area contributed by atoms with Gasteiger partial charge in [0.25, 0.3) is 0 Å². The maximum atomic E-state index is 12.0. The largest absolute Gasteiger partial charge is 0.392 e. The lowest BCUT2D eigenvalue weighted by Gasteiger charge is -2.30. The molecule has 5 nitrogen and oxygen atoms in total. The molecular formula is C16H24N2O3. The van der Waals surface area contributed by atoms with Gasteiger partial charge in [0.2, 0.25) is 5.91 Å². The molecule has 1 aliphatic rings. The van der Waals surface area contributed by atoms with Gasteiger partial charge in [-0.15, -0.1) is 0 Å². The molecule has 2 rings (SSSR count). The van der Waals surface area contributed by atoms with Gasteiger partial charge in [-0.1, -0.05) is 26.0 Å². The monoisotopic (exact) mass is 292 g/mol. The van der Waals surface area contributed by atoms with Gasteiger partial charge in [-0.05, 0) is 18.1 Å². The smallest absolute Gasteiger partial charge is 0.227 e. The van der Waals surface area contributed by atoms with Crippen molar-refractivity contribution < 1.29 is 14.6 Å². The summed E-state index contributed by atoms with van der Waals surface area (Å²) >= 11 is 0. The number of ether oxygens (including phenoxy) is 1. The van der Waals surface area contributed by atoms with Crippen molar-refractivity contribution in [3.05, 3.63) is 24.3 Å². The number of benzene rings is 1. The van der Waals surface area contributed by atoms with Crippen LogP contribution in [0.4, 0.5) is 11.4 Å². The second-order valence-corrected chi connectivity index (χ2v) is 5.68. The Hall–Kier alpha value is -1.59. The Morgan fingerprint density at radius 2 is 2.00 bits per heavy atom. The Labute approximate surface area is 125 Å². The van der Waals surface area contributed by atoms with Crippen LogP contribution in [-0.2, 0) is 9.53 Å². The van der Waals surface area contributed by atoms with Gasteiger partial charge in [-0.25, -0.2) is 0 Å². The molecule has 2 N–H and O–H groups in total. The van der Waals surface area contributed by atoms with Gasteiger partial charge < -0.3 is 20.1 Å². The lowest BCUT2D eigenvalue weighted by atomic mass is 10.0. The minimum Gasteiger partial charge on any atom is -0.392 e. The van der Waals surface area contributed by atoms with Crippen LogP contribution in [0.25, 0.3) is 0 Å². The van der Waals surface area contributed by atoms with E-state index in [1.54, 1.807) is 0 Å². The van der Waals surface area contributed by atoms with Crippen molar-refractivity contribution in [2.24, 2.45) is 5.92 Å². The average molecular weight is 292 g/mol. The van der Waals surface area contributed by atoms with E-state index in [2.05, 4.69) is 10.2 Å². The number of carbonyl (C=O) groups excluding carboxylic acids is 1. The minimum absolute atomic E-state index is 0.0743. The van der Waals surface area contributed by atoms with Gasteiger partial charge in [0.15, 0.2) is 0 Å². The molecule has 0 radical (unpaired) electrons. The van der Waals surface area contributed by atoms with E-state index < -0.39 is 6.10 Å². The first-order chi connectivity index (χ1) is 10.1. The summed E-state index contributed by atoms with van der Waals surface area (Å²) in [6.07, 6.45) is -0.490. The first kappa shape index (κ1) is 15.8. The van der Waals surface area contributed by atoms with E-state index in [1.165, 1.54) is 0 Å². The summed E-state index contributed by atoms with van der Waals surface area (Å²) in [7, 11) is 0. The fraction of sp³-hybridized carbons (Fsp3) is 0.562. The number of hydrogen-bond acceptors (Lipinski definition) is 4. The first-order valence-electron chi connectivity index (χ1n) is 7.47. The van der Waals surface area contributed by atoms with Crippen LogP contribution in [0.1, 0.15) is 20.3 Å². The Morgan fingerprint density at radius 3 is 2.67 bits per heavy atom. The second kappa shape index (κ2) is 7.43. The van der Waals surface area contributed by atoms with E-state index in [0.717, 1.165) is 24.5 Å². The zero-order chi connectivity index (χ0) is 15.2. The van der Waals surface area contributed by atoms with Crippen LogP contribution in [0.2, 0.25) is 0 Å². The topological polar surface area (TPSA) is 61.8 Å². The highest BCUT2D eigenvalue weighted by molar-refractivity contribution is 5.94. The average Bonchev–Trinajstić information content (AvgIpc) is 2.48. The molecule has 5 heteroatoms. The number of carbonyl (C=O) groups is 1. The van der Waals surface area contributed by atoms with Crippen molar-refractivity contribution in [3.63, 3.8) is 0 Å². The number of morpholine rings is 1. The van der Waals surface area contributed by atoms with E-state index in [0.29, 0.717) is 13.2 Å². The lowest BCUT2D eigenvalue weighted by molar-refractivity contribution is -0.118. The summed E-state index contributed by atoms with van der Waals surface area (Å²) < 4.78 is 5.36. The predicted molar refractivity (Wildman–Crippen MR) is 83.6 cm³/mol. The standard InChI is InChI=1S/C16H24N2O3/c1-12(2)15(19)11-16(20)17-13-5-3-4-6-14(13)18-7-9-21-10-8-18/h3-6,12,15,19H,7-11H2,1-2H3,(H,17,20). The summed E-state index contributed by atoms with van der Waals surface area (Å²) in [4.78, 5) is 14.3. The van der Waals surface area contributed by atoms with Crippen molar-refractivity contribution >= 4 is 17.3 Å². The normalized spacial score (nSPS) is 16.9. The van der Waals surface area contributed by atoms with E-state index in [9.17, 15) is 9.90 Å². The number of aliphatic hydroxyl groups is 1. The molecule has 1 amide bonds. The summed E-state index contributed by atoms with van der Waals surface area (Å²) in [6.45, 7) is 6.85. The molecule has 1 saturated heterocycles. The molecule has 1 aliphatic heterocycles. The van der Waals surface area contributed by atoms with Crippen LogP contribution in [0.15, 0.2) is 24.3 Å². The van der Waals surface area contributed by atoms with Gasteiger partial charge in [-0.2, -0.15) is 0 Å². The predicted octanol–water partition coefficient (Wildman–Crippen LogP) is 1.87. The third kappa shape index (κ3) is 4.44. The molecule has 0 bridgehead atoms. The minimum atomic E-state index is -0.611. The summed E-state index contributed by atoms with van der Waals surface area (Å²) in [5.74, 6) is -0.0813. The Balaban J connectivity index is 2.04. The van der Waals surface area contributed by atoms with Crippen molar-refractivity contribution in [1.29, 1.82) is 0 Å². The van der Waals surface area contributed by atoms with Crippen LogP contribution in [0, 0.1) is 5.92 Å². The van der Waals surface area contributed by atoms with Crippen LogP contribution < -0.4 is 10.2 Å². The zero-order valence-corrected chi connectivity index (χ0v) is 12.7. The van der Waals surface area contributed by atoms with Gasteiger partial charge in [-0.3, -0.25) is 4.79 Å². The fourth-order valence-corrected chi connectivity index (χ4v) is 2.29. The SMILES string of the molecule is CC(C)C(O)CC(=O)Nc1ccccc1N1CCOCC1. The first-order valence-corrected chi connectivity index (χ1v) is 7.47. The molecule has 1 atom stereocenters. The molecule has 21 heavy (non-hydrogen) atoms. The number of para-hydroxylation sites is 2. The number of aliphatic hydroxyl groups excluding tert-OH is 1. The van der Waals surface area contributed by atoms with Gasteiger partial charge in [0.05, 0.1) is 37.1 Å². The Kier molecular flexibility index (Phi) is 5.59. The molecule has 1 aromatic rings. The van der Waals surface area contributed by atoms with E-state index >= 15 is 0 Å². The van der Waals surface area contributed by atoms with Crippen LogP contribution in [0.3, 0.4) is 0 Å². The third-order valence-electron chi connectivity index (χ3n) is 3.69. The molecular weight excluding hydrogens is 268 g/mol. The highest BCUT2D eigenvalue weighted by atomic mass is 16.5. The lowest BCUT2D eigenvalue weighted by Crippen LogP contribution is -2.36. The van der Waals surface area contributed by atoms with Crippen molar-refractivity contribution in [2.75, 3.05) is 36.5 Å². The van der Waals surface area contributed by atoms with Gasteiger partial charge in [0.1, 0.15) is 0 Å². The number of anilines is 2. The van der Waals surface area contributed by atoms with Crippen LogP contribution in [0.5, 0.6) is 0 Å². The highest BCUT2D eigenvalue weighted by Gasteiger charge is 2.18. The van der Waals surface area contributed by atoms with Crippen molar-refractivity contribution in [3.8, 4) is 0 Å². The van der Waals surface area contributed by atoms with E-state index in [-0.39, 0.29) is 18.2 Å². The Bertz CT molecular complexity index is 470. The van der Waals surface area contributed by atoms with Crippen molar-refractivity contribution in [1.82, 2.24) is 0 Å². The number of nitrogens with zero attached hydrogens (tertiary/aromatic N) is 1. The maximum absolute atomic E-state index is 12.0. The van der Waals surface area contributed by atoms with Crippen molar-refractivity contribution in [2.45, 2.75) is 26.4 Å². The Morgan fingerprint density at radius 1 is 1.33 bits per heavy atom. The highest BCUT2D eigenvalue weighted by Crippen LogP contribution is 2.26. The molecule has 1 unspecified atom stereocenters. The number of amides is 1. The quantitative estimate of drug-likeness (QED) is 0.869. The molecule has 0 aliphatic carbocycles. The maximum Gasteiger partial charge on any atom is 0.227 e. The zero-order valence-electron chi connectivity index (χ0n) is 12.7. The van der Waals surface area contributed by atoms with Crippen LogP contribution >= 0.6 is 0 Å². The summed E-state index contributed by atoms with van der Waals surface area (Å²) in [5, 5.41) is 12.7. The molecule has 1 heterocycles. The summed E-state index contributed by atoms with van der Waals surface area (Å²) in [6, 6.07) is 7.76. The molecule has 1 aromatic carbocycles. The van der Waals surface area contributed by atoms with Gasteiger partial charge in [0, 0.05) is 13.1 Å². The molecule has 1 fully saturated rings. The number of nitrogens with one attached hydrogen (secondary N) is 1. The van der Waals surface area contributed by atoms with Crippen LogP contribution in [-0.4, -0.2) is 43.4 Å². The molecule has 0 saturated carbocycles. The van der Waals surface area contributed by atoms with E-state index in [4.69, 9.17) is 4.74 Å². The molecule has 0 spiro atoms. The van der Waals surface area contributed by atoms with E-state index in [1.807, 2.05) is 38.1 Å². The molecule has 0 aromatic heterocycles. The van der Waals surface area contributed by atoms with Gasteiger partial charge >= 0.3 is 0 Å². The third-order valence-corrected chi connectivity index (χ3v) is 3.69. The number of rotatable bonds is 5.